The number of hydrogen-bond acceptors (Lipinski definition) is 6. The summed E-state index contributed by atoms with van der Waals surface area (Å²) in [5.41, 5.74) is 1.21. The molecule has 1 aromatic heterocycles. The van der Waals surface area contributed by atoms with Gasteiger partial charge in [0.1, 0.15) is 5.75 Å². The minimum Gasteiger partial charge on any atom is -0.497 e. The molecule has 1 heterocycles. The zero-order valence-electron chi connectivity index (χ0n) is 12.6. The molecule has 2 aromatic rings. The van der Waals surface area contributed by atoms with E-state index in [9.17, 15) is 0 Å². The van der Waals surface area contributed by atoms with Gasteiger partial charge in [0.2, 0.25) is 5.95 Å². The van der Waals surface area contributed by atoms with Crippen LogP contribution in [0.4, 0.5) is 11.8 Å². The van der Waals surface area contributed by atoms with Crippen LogP contribution in [0.1, 0.15) is 19.4 Å². The highest BCUT2D eigenvalue weighted by molar-refractivity contribution is 5.37. The van der Waals surface area contributed by atoms with Crippen molar-refractivity contribution in [3.8, 4) is 5.75 Å². The molecule has 0 atom stereocenters. The maximum absolute atomic E-state index is 5.21. The van der Waals surface area contributed by atoms with Crippen LogP contribution in [0, 0.1) is 0 Å². The van der Waals surface area contributed by atoms with Crippen LogP contribution in [0.3, 0.4) is 0 Å². The van der Waals surface area contributed by atoms with E-state index >= 15 is 0 Å². The van der Waals surface area contributed by atoms with E-state index in [1.165, 1.54) is 5.56 Å². The zero-order valence-corrected chi connectivity index (χ0v) is 12.6. The third-order valence-corrected chi connectivity index (χ3v) is 2.83. The van der Waals surface area contributed by atoms with Crippen LogP contribution in [-0.2, 0) is 6.42 Å². The first kappa shape index (κ1) is 15.0. The SMILES string of the molecule is COc1cccc(CCNc2cnnc(NC(C)C)n2)c1. The number of benzene rings is 1. The second-order valence-corrected chi connectivity index (χ2v) is 4.99. The quantitative estimate of drug-likeness (QED) is 0.814. The van der Waals surface area contributed by atoms with E-state index in [1.807, 2.05) is 32.0 Å². The molecule has 0 saturated carbocycles. The Bertz CT molecular complexity index is 573. The van der Waals surface area contributed by atoms with Gasteiger partial charge in [-0.25, -0.2) is 0 Å². The van der Waals surface area contributed by atoms with Crippen LogP contribution in [0.15, 0.2) is 30.5 Å². The number of rotatable bonds is 7. The summed E-state index contributed by atoms with van der Waals surface area (Å²) < 4.78 is 5.21. The van der Waals surface area contributed by atoms with E-state index in [2.05, 4.69) is 31.9 Å². The molecular formula is C15H21N5O. The lowest BCUT2D eigenvalue weighted by molar-refractivity contribution is 0.414. The van der Waals surface area contributed by atoms with Gasteiger partial charge in [-0.3, -0.25) is 0 Å². The van der Waals surface area contributed by atoms with Crippen molar-refractivity contribution < 1.29 is 4.74 Å². The van der Waals surface area contributed by atoms with E-state index in [4.69, 9.17) is 4.74 Å². The highest BCUT2D eigenvalue weighted by atomic mass is 16.5. The molecule has 0 amide bonds. The summed E-state index contributed by atoms with van der Waals surface area (Å²) in [5.74, 6) is 2.13. The van der Waals surface area contributed by atoms with Crippen LogP contribution in [0.5, 0.6) is 5.75 Å². The van der Waals surface area contributed by atoms with Crippen LogP contribution in [-0.4, -0.2) is 34.9 Å². The summed E-state index contributed by atoms with van der Waals surface area (Å²) in [5, 5.41) is 14.2. The van der Waals surface area contributed by atoms with Crippen LogP contribution in [0.2, 0.25) is 0 Å². The lowest BCUT2D eigenvalue weighted by atomic mass is 10.1. The number of nitrogens with one attached hydrogen (secondary N) is 2. The normalized spacial score (nSPS) is 10.5. The maximum atomic E-state index is 5.21. The average Bonchev–Trinajstić information content (AvgIpc) is 2.47. The fraction of sp³-hybridized carbons (Fsp3) is 0.400. The first-order chi connectivity index (χ1) is 10.2. The van der Waals surface area contributed by atoms with Gasteiger partial charge in [-0.1, -0.05) is 12.1 Å². The highest BCUT2D eigenvalue weighted by Gasteiger charge is 2.02. The molecule has 0 aliphatic rings. The molecule has 0 unspecified atom stereocenters. The molecule has 0 aliphatic carbocycles. The lowest BCUT2D eigenvalue weighted by Gasteiger charge is -2.09. The summed E-state index contributed by atoms with van der Waals surface area (Å²) in [4.78, 5) is 4.36. The smallest absolute Gasteiger partial charge is 0.244 e. The van der Waals surface area contributed by atoms with E-state index in [0.717, 1.165) is 24.5 Å². The molecule has 0 aliphatic heterocycles. The van der Waals surface area contributed by atoms with Crippen molar-refractivity contribution in [1.82, 2.24) is 15.2 Å². The van der Waals surface area contributed by atoms with Crippen molar-refractivity contribution in [1.29, 1.82) is 0 Å². The van der Waals surface area contributed by atoms with Crippen LogP contribution in [0.25, 0.3) is 0 Å². The van der Waals surface area contributed by atoms with Gasteiger partial charge in [0.15, 0.2) is 5.82 Å². The first-order valence-electron chi connectivity index (χ1n) is 7.00. The number of anilines is 2. The molecule has 2 rings (SSSR count). The Morgan fingerprint density at radius 1 is 1.29 bits per heavy atom. The van der Waals surface area contributed by atoms with Crippen molar-refractivity contribution >= 4 is 11.8 Å². The topological polar surface area (TPSA) is 72.0 Å². The van der Waals surface area contributed by atoms with Gasteiger partial charge in [0.05, 0.1) is 13.3 Å². The van der Waals surface area contributed by atoms with E-state index < -0.39 is 0 Å². The third-order valence-electron chi connectivity index (χ3n) is 2.83. The van der Waals surface area contributed by atoms with Crippen molar-refractivity contribution in [3.63, 3.8) is 0 Å². The Balaban J connectivity index is 1.88. The number of nitrogens with zero attached hydrogens (tertiary/aromatic N) is 3. The van der Waals surface area contributed by atoms with Crippen molar-refractivity contribution in [2.24, 2.45) is 0 Å². The van der Waals surface area contributed by atoms with Crippen molar-refractivity contribution in [2.75, 3.05) is 24.3 Å². The minimum absolute atomic E-state index is 0.277. The Labute approximate surface area is 125 Å². The van der Waals surface area contributed by atoms with Crippen molar-refractivity contribution in [2.45, 2.75) is 26.3 Å². The second kappa shape index (κ2) is 7.42. The Morgan fingerprint density at radius 2 is 2.14 bits per heavy atom. The number of hydrogen-bond donors (Lipinski definition) is 2. The molecule has 0 fully saturated rings. The average molecular weight is 287 g/mol. The largest absolute Gasteiger partial charge is 0.497 e. The Morgan fingerprint density at radius 3 is 2.90 bits per heavy atom. The number of ether oxygens (including phenoxy) is 1. The van der Waals surface area contributed by atoms with E-state index in [-0.39, 0.29) is 6.04 Å². The molecule has 2 N–H and O–H groups in total. The van der Waals surface area contributed by atoms with Gasteiger partial charge in [-0.05, 0) is 38.0 Å². The molecule has 6 heteroatoms. The van der Waals surface area contributed by atoms with Gasteiger partial charge in [0, 0.05) is 12.6 Å². The molecule has 0 saturated heterocycles. The Hall–Kier alpha value is -2.37. The van der Waals surface area contributed by atoms with Gasteiger partial charge in [-0.2, -0.15) is 10.1 Å². The van der Waals surface area contributed by atoms with Gasteiger partial charge in [0.25, 0.3) is 0 Å². The molecule has 0 spiro atoms. The minimum atomic E-state index is 0.277. The van der Waals surface area contributed by atoms with Crippen LogP contribution >= 0.6 is 0 Å². The van der Waals surface area contributed by atoms with Gasteiger partial charge in [-0.15, -0.1) is 5.10 Å². The highest BCUT2D eigenvalue weighted by Crippen LogP contribution is 2.13. The summed E-state index contributed by atoms with van der Waals surface area (Å²) in [6.07, 6.45) is 2.51. The summed E-state index contributed by atoms with van der Waals surface area (Å²) in [7, 11) is 1.67. The standard InChI is InChI=1S/C15H21N5O/c1-11(2)18-15-19-14(10-17-20-15)16-8-7-12-5-4-6-13(9-12)21-3/h4-6,9-11H,7-8H2,1-3H3,(H2,16,18,19,20). The number of methoxy groups -OCH3 is 1. The summed E-state index contributed by atoms with van der Waals surface area (Å²) in [6.45, 7) is 4.84. The van der Waals surface area contributed by atoms with Crippen LogP contribution < -0.4 is 15.4 Å². The first-order valence-corrected chi connectivity index (χ1v) is 7.00. The van der Waals surface area contributed by atoms with E-state index in [1.54, 1.807) is 13.3 Å². The molecule has 0 bridgehead atoms. The molecule has 0 radical (unpaired) electrons. The second-order valence-electron chi connectivity index (χ2n) is 4.99. The zero-order chi connectivity index (χ0) is 15.1. The molecule has 6 nitrogen and oxygen atoms in total. The fourth-order valence-electron chi connectivity index (χ4n) is 1.87. The number of aromatic nitrogens is 3. The van der Waals surface area contributed by atoms with Gasteiger partial charge >= 0.3 is 0 Å². The fourth-order valence-corrected chi connectivity index (χ4v) is 1.87. The Kier molecular flexibility index (Phi) is 5.31. The predicted molar refractivity (Wildman–Crippen MR) is 83.8 cm³/mol. The molecular weight excluding hydrogens is 266 g/mol. The maximum Gasteiger partial charge on any atom is 0.244 e. The summed E-state index contributed by atoms with van der Waals surface area (Å²) in [6, 6.07) is 8.32. The van der Waals surface area contributed by atoms with Gasteiger partial charge < -0.3 is 15.4 Å². The van der Waals surface area contributed by atoms with E-state index in [0.29, 0.717) is 5.95 Å². The molecule has 21 heavy (non-hydrogen) atoms. The summed E-state index contributed by atoms with van der Waals surface area (Å²) >= 11 is 0. The third kappa shape index (κ3) is 4.91. The van der Waals surface area contributed by atoms with Crippen molar-refractivity contribution in [3.05, 3.63) is 36.0 Å². The molecule has 112 valence electrons. The predicted octanol–water partition coefficient (Wildman–Crippen LogP) is 2.36. The molecule has 1 aromatic carbocycles. The lowest BCUT2D eigenvalue weighted by Crippen LogP contribution is -2.14. The monoisotopic (exact) mass is 287 g/mol.